The second-order valence-corrected chi connectivity index (χ2v) is 10.0. The Labute approximate surface area is 238 Å². The van der Waals surface area contributed by atoms with Crippen molar-refractivity contribution in [3.8, 4) is 22.9 Å². The summed E-state index contributed by atoms with van der Waals surface area (Å²) in [5.41, 5.74) is 3.32. The number of halogens is 1. The highest BCUT2D eigenvalue weighted by Crippen LogP contribution is 2.34. The van der Waals surface area contributed by atoms with Gasteiger partial charge in [0.15, 0.2) is 11.9 Å². The number of ether oxygens (including phenoxy) is 3. The van der Waals surface area contributed by atoms with Crippen LogP contribution in [-0.2, 0) is 9.53 Å². The number of carbonyl (C=O) groups is 1. The summed E-state index contributed by atoms with van der Waals surface area (Å²) in [7, 11) is 1.64. The Morgan fingerprint density at radius 2 is 1.85 bits per heavy atom. The fourth-order valence-corrected chi connectivity index (χ4v) is 4.50. The van der Waals surface area contributed by atoms with Gasteiger partial charge in [-0.15, -0.1) is 0 Å². The van der Waals surface area contributed by atoms with Crippen molar-refractivity contribution in [2.24, 2.45) is 5.10 Å². The van der Waals surface area contributed by atoms with Crippen LogP contribution in [0.3, 0.4) is 0 Å². The van der Waals surface area contributed by atoms with Crippen LogP contribution in [0, 0.1) is 6.92 Å². The number of para-hydroxylation sites is 1. The number of rotatable bonds is 9. The van der Waals surface area contributed by atoms with Crippen molar-refractivity contribution in [2.45, 2.75) is 46.6 Å². The average Bonchev–Trinajstić information content (AvgIpc) is 2.93. The van der Waals surface area contributed by atoms with E-state index in [9.17, 15) is 9.59 Å². The van der Waals surface area contributed by atoms with E-state index in [0.717, 1.165) is 22.4 Å². The fourth-order valence-electron chi connectivity index (χ4n) is 4.32. The van der Waals surface area contributed by atoms with E-state index in [2.05, 4.69) is 18.9 Å². The van der Waals surface area contributed by atoms with Crippen molar-refractivity contribution in [1.29, 1.82) is 0 Å². The van der Waals surface area contributed by atoms with Crippen LogP contribution in [0.1, 0.15) is 50.3 Å². The van der Waals surface area contributed by atoms with Crippen LogP contribution in [0.4, 0.5) is 0 Å². The lowest BCUT2D eigenvalue weighted by molar-refractivity contribution is -0.150. The van der Waals surface area contributed by atoms with E-state index in [1.165, 1.54) is 10.9 Å². The van der Waals surface area contributed by atoms with Crippen molar-refractivity contribution >= 4 is 34.7 Å². The van der Waals surface area contributed by atoms with Gasteiger partial charge in [0.2, 0.25) is 0 Å². The molecule has 0 amide bonds. The highest BCUT2D eigenvalue weighted by molar-refractivity contribution is 6.30. The molecule has 8 nitrogen and oxygen atoms in total. The first-order valence-electron chi connectivity index (χ1n) is 13.0. The van der Waals surface area contributed by atoms with Crippen molar-refractivity contribution < 1.29 is 19.0 Å². The van der Waals surface area contributed by atoms with Gasteiger partial charge in [-0.05, 0) is 80.3 Å². The molecule has 0 radical (unpaired) electrons. The predicted octanol–water partition coefficient (Wildman–Crippen LogP) is 6.37. The smallest absolute Gasteiger partial charge is 0.347 e. The topological polar surface area (TPSA) is 92.0 Å². The third-order valence-electron chi connectivity index (χ3n) is 6.40. The Balaban J connectivity index is 1.90. The number of hydrogen-bond acceptors (Lipinski definition) is 7. The molecule has 0 N–H and O–H groups in total. The molecule has 0 spiro atoms. The minimum absolute atomic E-state index is 0.172. The lowest BCUT2D eigenvalue weighted by Gasteiger charge is -2.17. The molecular formula is C31H32ClN3O5. The van der Waals surface area contributed by atoms with Gasteiger partial charge in [0.1, 0.15) is 11.5 Å². The van der Waals surface area contributed by atoms with E-state index < -0.39 is 12.1 Å². The lowest BCUT2D eigenvalue weighted by atomic mass is 9.96. The third-order valence-corrected chi connectivity index (χ3v) is 6.63. The molecule has 1 atom stereocenters. The third kappa shape index (κ3) is 6.02. The number of fused-ring (bicyclic) bond motifs is 1. The first-order valence-corrected chi connectivity index (χ1v) is 13.4. The SMILES string of the molecule is CCOC(=O)[C@H](C)Oc1ccc(Cl)cc1C=Nn1c(-c2cc(C(C)C)c(OC)cc2C)nc2ccccc2c1=O. The van der Waals surface area contributed by atoms with E-state index >= 15 is 0 Å². The molecule has 0 aliphatic carbocycles. The molecule has 40 heavy (non-hydrogen) atoms. The first-order chi connectivity index (χ1) is 19.1. The van der Waals surface area contributed by atoms with Gasteiger partial charge in [-0.25, -0.2) is 9.78 Å². The maximum Gasteiger partial charge on any atom is 0.347 e. The second-order valence-electron chi connectivity index (χ2n) is 9.57. The molecule has 208 valence electrons. The normalized spacial score (nSPS) is 12.2. The summed E-state index contributed by atoms with van der Waals surface area (Å²) < 4.78 is 17.8. The van der Waals surface area contributed by atoms with E-state index in [4.69, 9.17) is 30.8 Å². The van der Waals surface area contributed by atoms with Gasteiger partial charge in [-0.2, -0.15) is 9.78 Å². The maximum atomic E-state index is 13.8. The quantitative estimate of drug-likeness (QED) is 0.174. The number of aromatic nitrogens is 2. The van der Waals surface area contributed by atoms with Crippen LogP contribution in [0.2, 0.25) is 5.02 Å². The molecule has 4 rings (SSSR count). The van der Waals surface area contributed by atoms with Crippen LogP contribution < -0.4 is 15.0 Å². The van der Waals surface area contributed by atoms with Crippen molar-refractivity contribution in [3.63, 3.8) is 0 Å². The fraction of sp³-hybridized carbons (Fsp3) is 0.290. The van der Waals surface area contributed by atoms with Crippen LogP contribution in [0.15, 0.2) is 64.5 Å². The zero-order valence-electron chi connectivity index (χ0n) is 23.4. The number of aryl methyl sites for hydroxylation is 1. The highest BCUT2D eigenvalue weighted by atomic mass is 35.5. The molecule has 0 saturated heterocycles. The molecule has 0 saturated carbocycles. The van der Waals surface area contributed by atoms with Gasteiger partial charge in [0, 0.05) is 16.1 Å². The van der Waals surface area contributed by atoms with E-state index in [0.29, 0.717) is 33.1 Å². The average molecular weight is 562 g/mol. The summed E-state index contributed by atoms with van der Waals surface area (Å²) in [4.78, 5) is 30.8. The van der Waals surface area contributed by atoms with Crippen LogP contribution >= 0.6 is 11.6 Å². The molecule has 0 fully saturated rings. The monoisotopic (exact) mass is 561 g/mol. The lowest BCUT2D eigenvalue weighted by Crippen LogP contribution is -2.26. The molecule has 1 heterocycles. The summed E-state index contributed by atoms with van der Waals surface area (Å²) >= 11 is 6.28. The Hall–Kier alpha value is -4.17. The molecule has 0 aliphatic rings. The zero-order valence-corrected chi connectivity index (χ0v) is 24.2. The Morgan fingerprint density at radius 3 is 2.55 bits per heavy atom. The van der Waals surface area contributed by atoms with Gasteiger partial charge < -0.3 is 14.2 Å². The largest absolute Gasteiger partial charge is 0.496 e. The second kappa shape index (κ2) is 12.3. The molecule has 0 aliphatic heterocycles. The molecule has 0 unspecified atom stereocenters. The predicted molar refractivity (Wildman–Crippen MR) is 158 cm³/mol. The van der Waals surface area contributed by atoms with Gasteiger partial charge in [0.05, 0.1) is 30.8 Å². The van der Waals surface area contributed by atoms with E-state index in [1.54, 1.807) is 57.4 Å². The molecule has 4 aromatic rings. The summed E-state index contributed by atoms with van der Waals surface area (Å²) in [6.07, 6.45) is 0.619. The number of nitrogens with zero attached hydrogens (tertiary/aromatic N) is 3. The molecule has 0 bridgehead atoms. The summed E-state index contributed by atoms with van der Waals surface area (Å²) in [6.45, 7) is 9.67. The van der Waals surface area contributed by atoms with Gasteiger partial charge in [0.25, 0.3) is 5.56 Å². The van der Waals surface area contributed by atoms with Gasteiger partial charge in [-0.1, -0.05) is 37.6 Å². The minimum atomic E-state index is -0.856. The zero-order chi connectivity index (χ0) is 29.0. The van der Waals surface area contributed by atoms with Crippen molar-refractivity contribution in [1.82, 2.24) is 9.66 Å². The number of carbonyl (C=O) groups excluding carboxylic acids is 1. The number of benzene rings is 3. The molecule has 9 heteroatoms. The summed E-state index contributed by atoms with van der Waals surface area (Å²) in [5, 5.41) is 5.45. The van der Waals surface area contributed by atoms with Crippen LogP contribution in [-0.4, -0.2) is 41.7 Å². The summed E-state index contributed by atoms with van der Waals surface area (Å²) in [5.74, 6) is 1.19. The van der Waals surface area contributed by atoms with Crippen molar-refractivity contribution in [3.05, 3.63) is 86.7 Å². The van der Waals surface area contributed by atoms with E-state index in [-0.39, 0.29) is 18.1 Å². The maximum absolute atomic E-state index is 13.8. The number of hydrogen-bond donors (Lipinski definition) is 0. The number of methoxy groups -OCH3 is 1. The van der Waals surface area contributed by atoms with E-state index in [1.807, 2.05) is 25.1 Å². The Bertz CT molecular complexity index is 1640. The molecular weight excluding hydrogens is 530 g/mol. The van der Waals surface area contributed by atoms with Crippen molar-refractivity contribution in [2.75, 3.05) is 13.7 Å². The van der Waals surface area contributed by atoms with Gasteiger partial charge in [-0.3, -0.25) is 4.79 Å². The minimum Gasteiger partial charge on any atom is -0.496 e. The standard InChI is InChI=1S/C31H32ClN3O5/c1-7-39-31(37)20(5)40-27-13-12-22(32)15-21(27)17-33-35-29(34-26-11-9-8-10-23(26)30(35)36)25-16-24(18(2)3)28(38-6)14-19(25)4/h8-18,20H,7H2,1-6H3/t20-/m0/s1. The Kier molecular flexibility index (Phi) is 8.90. The van der Waals surface area contributed by atoms with Gasteiger partial charge >= 0.3 is 5.97 Å². The molecule has 3 aromatic carbocycles. The first kappa shape index (κ1) is 28.8. The summed E-state index contributed by atoms with van der Waals surface area (Å²) in [6, 6.07) is 16.0. The number of esters is 1. The Morgan fingerprint density at radius 1 is 1.10 bits per heavy atom. The van der Waals surface area contributed by atoms with Crippen LogP contribution in [0.25, 0.3) is 22.3 Å². The molecule has 1 aromatic heterocycles. The highest BCUT2D eigenvalue weighted by Gasteiger charge is 2.20. The van der Waals surface area contributed by atoms with Crippen LogP contribution in [0.5, 0.6) is 11.5 Å².